The number of hydrogen-bond donors (Lipinski definition) is 2. The highest BCUT2D eigenvalue weighted by atomic mass is 32.2. The first kappa shape index (κ1) is 12.8. The van der Waals surface area contributed by atoms with Gasteiger partial charge in [0.05, 0.1) is 0 Å². The van der Waals surface area contributed by atoms with Crippen LogP contribution in [0, 0.1) is 5.41 Å². The van der Waals surface area contributed by atoms with Crippen LogP contribution in [0.1, 0.15) is 49.2 Å². The van der Waals surface area contributed by atoms with Crippen LogP contribution in [0.25, 0.3) is 0 Å². The summed E-state index contributed by atoms with van der Waals surface area (Å²) in [6.07, 6.45) is 6.43. The summed E-state index contributed by atoms with van der Waals surface area (Å²) in [7, 11) is 0. The Morgan fingerprint density at radius 3 is 2.76 bits per heavy atom. The topological polar surface area (TPSA) is 106 Å². The molecule has 21 heavy (non-hydrogen) atoms. The second kappa shape index (κ2) is 4.80. The standard InChI is InChI=1S/C13H15N7S/c14-10(15)9-5-6-16-12(17-9)21-13-19-18-11(7-1-2-7)20(13)8-3-4-8/h5-8H,1-4H2,(H3,14,15). The summed E-state index contributed by atoms with van der Waals surface area (Å²) in [5, 5.41) is 17.5. The fourth-order valence-electron chi connectivity index (χ4n) is 2.28. The average Bonchev–Trinajstić information content (AvgIpc) is 3.39. The molecule has 2 heterocycles. The lowest BCUT2D eigenvalue weighted by atomic mass is 10.4. The number of rotatable bonds is 5. The molecule has 7 nitrogen and oxygen atoms in total. The summed E-state index contributed by atoms with van der Waals surface area (Å²) in [5.74, 6) is 1.64. The molecule has 2 aliphatic carbocycles. The Bertz CT molecular complexity index is 702. The molecule has 0 bridgehead atoms. The van der Waals surface area contributed by atoms with Crippen LogP contribution in [0.4, 0.5) is 0 Å². The third-order valence-electron chi connectivity index (χ3n) is 3.64. The summed E-state index contributed by atoms with van der Waals surface area (Å²) in [4.78, 5) is 8.51. The van der Waals surface area contributed by atoms with Gasteiger partial charge in [0.2, 0.25) is 0 Å². The van der Waals surface area contributed by atoms with E-state index >= 15 is 0 Å². The highest BCUT2D eigenvalue weighted by Gasteiger charge is 2.36. The van der Waals surface area contributed by atoms with E-state index in [2.05, 4.69) is 24.7 Å². The van der Waals surface area contributed by atoms with E-state index in [1.807, 2.05) is 0 Å². The molecule has 0 spiro atoms. The SMILES string of the molecule is N=C(N)c1ccnc(Sc2nnc(C3CC3)n2C2CC2)n1. The van der Waals surface area contributed by atoms with Crippen molar-refractivity contribution in [2.45, 2.75) is 48.0 Å². The van der Waals surface area contributed by atoms with Crippen molar-refractivity contribution in [2.75, 3.05) is 0 Å². The van der Waals surface area contributed by atoms with Crippen LogP contribution in [0.5, 0.6) is 0 Å². The molecular formula is C13H15N7S. The van der Waals surface area contributed by atoms with E-state index in [9.17, 15) is 0 Å². The molecule has 0 atom stereocenters. The Balaban J connectivity index is 1.65. The van der Waals surface area contributed by atoms with Crippen molar-refractivity contribution < 1.29 is 0 Å². The molecule has 8 heteroatoms. The van der Waals surface area contributed by atoms with E-state index in [1.54, 1.807) is 12.3 Å². The molecule has 2 fully saturated rings. The molecule has 0 unspecified atom stereocenters. The van der Waals surface area contributed by atoms with Crippen molar-refractivity contribution in [2.24, 2.45) is 5.73 Å². The first-order valence-electron chi connectivity index (χ1n) is 7.02. The summed E-state index contributed by atoms with van der Waals surface area (Å²) < 4.78 is 2.26. The maximum absolute atomic E-state index is 7.45. The van der Waals surface area contributed by atoms with E-state index < -0.39 is 0 Å². The lowest BCUT2D eigenvalue weighted by Crippen LogP contribution is -2.13. The monoisotopic (exact) mass is 301 g/mol. The van der Waals surface area contributed by atoms with Crippen molar-refractivity contribution in [3.63, 3.8) is 0 Å². The highest BCUT2D eigenvalue weighted by Crippen LogP contribution is 2.46. The van der Waals surface area contributed by atoms with Gasteiger partial charge in [0.25, 0.3) is 0 Å². The van der Waals surface area contributed by atoms with Gasteiger partial charge < -0.3 is 10.3 Å². The summed E-state index contributed by atoms with van der Waals surface area (Å²) in [6, 6.07) is 2.17. The zero-order valence-electron chi connectivity index (χ0n) is 11.4. The van der Waals surface area contributed by atoms with Gasteiger partial charge in [-0.15, -0.1) is 10.2 Å². The zero-order chi connectivity index (χ0) is 14.4. The predicted molar refractivity (Wildman–Crippen MR) is 77.4 cm³/mol. The molecular weight excluding hydrogens is 286 g/mol. The minimum atomic E-state index is -0.0541. The van der Waals surface area contributed by atoms with Crippen molar-refractivity contribution in [1.82, 2.24) is 24.7 Å². The molecule has 2 saturated carbocycles. The van der Waals surface area contributed by atoms with Gasteiger partial charge in [0.15, 0.2) is 10.3 Å². The minimum Gasteiger partial charge on any atom is -0.382 e. The maximum Gasteiger partial charge on any atom is 0.199 e. The number of amidine groups is 1. The van der Waals surface area contributed by atoms with Gasteiger partial charge in [0.1, 0.15) is 17.4 Å². The Kier molecular flexibility index (Phi) is 2.91. The molecule has 2 aliphatic rings. The molecule has 108 valence electrons. The second-order valence-electron chi connectivity index (χ2n) is 5.46. The molecule has 0 saturated heterocycles. The first-order chi connectivity index (χ1) is 10.2. The minimum absolute atomic E-state index is 0.0541. The number of nitrogens with zero attached hydrogens (tertiary/aromatic N) is 5. The van der Waals surface area contributed by atoms with E-state index in [-0.39, 0.29) is 5.84 Å². The van der Waals surface area contributed by atoms with Gasteiger partial charge in [-0.05, 0) is 43.5 Å². The number of nitrogens with two attached hydrogens (primary N) is 1. The van der Waals surface area contributed by atoms with Crippen LogP contribution < -0.4 is 5.73 Å². The molecule has 0 amide bonds. The van der Waals surface area contributed by atoms with Crippen LogP contribution >= 0.6 is 11.8 Å². The second-order valence-corrected chi connectivity index (χ2v) is 6.39. The number of aromatic nitrogens is 5. The maximum atomic E-state index is 7.45. The van der Waals surface area contributed by atoms with Gasteiger partial charge in [-0.2, -0.15) is 0 Å². The third-order valence-corrected chi connectivity index (χ3v) is 4.48. The normalized spacial score (nSPS) is 17.9. The molecule has 0 aromatic carbocycles. The summed E-state index contributed by atoms with van der Waals surface area (Å²) in [5.41, 5.74) is 5.90. The lowest BCUT2D eigenvalue weighted by Gasteiger charge is -2.07. The van der Waals surface area contributed by atoms with Crippen LogP contribution in [0.3, 0.4) is 0 Å². The fraction of sp³-hybridized carbons (Fsp3) is 0.462. The van der Waals surface area contributed by atoms with Crippen molar-refractivity contribution in [1.29, 1.82) is 5.41 Å². The van der Waals surface area contributed by atoms with Gasteiger partial charge >= 0.3 is 0 Å². The number of nitrogens with one attached hydrogen (secondary N) is 1. The van der Waals surface area contributed by atoms with E-state index in [4.69, 9.17) is 11.1 Å². The van der Waals surface area contributed by atoms with E-state index in [1.165, 1.54) is 37.4 Å². The largest absolute Gasteiger partial charge is 0.382 e. The highest BCUT2D eigenvalue weighted by molar-refractivity contribution is 7.99. The van der Waals surface area contributed by atoms with Gasteiger partial charge in [-0.25, -0.2) is 9.97 Å². The van der Waals surface area contributed by atoms with Crippen molar-refractivity contribution in [3.8, 4) is 0 Å². The van der Waals surface area contributed by atoms with Gasteiger partial charge in [0, 0.05) is 18.2 Å². The average molecular weight is 301 g/mol. The smallest absolute Gasteiger partial charge is 0.199 e. The Hall–Kier alpha value is -1.96. The Labute approximate surface area is 125 Å². The van der Waals surface area contributed by atoms with E-state index in [0.29, 0.717) is 22.8 Å². The molecule has 2 aromatic rings. The van der Waals surface area contributed by atoms with E-state index in [0.717, 1.165) is 11.0 Å². The molecule has 3 N–H and O–H groups in total. The Morgan fingerprint density at radius 2 is 2.10 bits per heavy atom. The fourth-order valence-corrected chi connectivity index (χ4v) is 3.12. The molecule has 0 aliphatic heterocycles. The lowest BCUT2D eigenvalue weighted by molar-refractivity contribution is 0.626. The van der Waals surface area contributed by atoms with Gasteiger partial charge in [-0.1, -0.05) is 0 Å². The van der Waals surface area contributed by atoms with Gasteiger partial charge in [-0.3, -0.25) is 5.41 Å². The van der Waals surface area contributed by atoms with Crippen LogP contribution in [0.15, 0.2) is 22.6 Å². The predicted octanol–water partition coefficient (Wildman–Crippen LogP) is 1.72. The summed E-state index contributed by atoms with van der Waals surface area (Å²) in [6.45, 7) is 0. The molecule has 0 radical (unpaired) electrons. The zero-order valence-corrected chi connectivity index (χ0v) is 12.2. The summed E-state index contributed by atoms with van der Waals surface area (Å²) >= 11 is 1.40. The van der Waals surface area contributed by atoms with Crippen LogP contribution in [0.2, 0.25) is 0 Å². The Morgan fingerprint density at radius 1 is 1.29 bits per heavy atom. The number of nitrogen functional groups attached to an aromatic ring is 1. The quantitative estimate of drug-likeness (QED) is 0.495. The molecule has 4 rings (SSSR count). The van der Waals surface area contributed by atoms with Crippen molar-refractivity contribution >= 4 is 17.6 Å². The van der Waals surface area contributed by atoms with Crippen LogP contribution in [-0.4, -0.2) is 30.6 Å². The molecule has 2 aromatic heterocycles. The van der Waals surface area contributed by atoms with Crippen LogP contribution in [-0.2, 0) is 0 Å². The number of hydrogen-bond acceptors (Lipinski definition) is 6. The third kappa shape index (κ3) is 2.51. The van der Waals surface area contributed by atoms with Crippen molar-refractivity contribution in [3.05, 3.63) is 23.8 Å². The first-order valence-corrected chi connectivity index (χ1v) is 7.84.